The number of ketones is 1. The van der Waals surface area contributed by atoms with Crippen LogP contribution in [0.5, 0.6) is 5.75 Å². The fourth-order valence-corrected chi connectivity index (χ4v) is 5.37. The first-order valence-electron chi connectivity index (χ1n) is 14.9. The highest BCUT2D eigenvalue weighted by molar-refractivity contribution is 8.00. The first kappa shape index (κ1) is 36.5. The smallest absolute Gasteiger partial charge is 0.165 e. The Labute approximate surface area is 251 Å². The van der Waals surface area contributed by atoms with Gasteiger partial charge in [-0.15, -0.1) is 11.8 Å². The molecule has 1 saturated heterocycles. The second-order valence-corrected chi connectivity index (χ2v) is 10.4. The van der Waals surface area contributed by atoms with E-state index in [0.29, 0.717) is 18.2 Å². The van der Waals surface area contributed by atoms with Crippen LogP contribution in [-0.2, 0) is 17.6 Å². The number of nitrogens with zero attached hydrogens (tertiary/aromatic N) is 3. The number of thioether (sulfide) groups is 1. The Balaban J connectivity index is 0.000000402. The standard InChI is InChI=1S/C18H23FN2O2.C11H15NOS.2C2H6/c1-3-12-10-21(11-16(12)22)9-7-13-6-8-20-15-5-4-14(19)18(23-2)17(13)15;1-4-10-5-6-11(9(3)12-10)14-7-8(2)13;2*1-2/h4-6,8,12,16,22H,3,7,9-11H2,1-2H3;5-6H,4,7H2,1-3H3;2*1-2H3. The minimum absolute atomic E-state index is 0.203. The molecule has 2 unspecified atom stereocenters. The summed E-state index contributed by atoms with van der Waals surface area (Å²) in [6.45, 7) is 18.3. The van der Waals surface area contributed by atoms with Gasteiger partial charge >= 0.3 is 0 Å². The van der Waals surface area contributed by atoms with Gasteiger partial charge in [-0.05, 0) is 74.9 Å². The van der Waals surface area contributed by atoms with Crippen LogP contribution in [0.4, 0.5) is 4.39 Å². The molecule has 1 aliphatic rings. The number of halogens is 1. The highest BCUT2D eigenvalue weighted by Crippen LogP contribution is 2.31. The highest BCUT2D eigenvalue weighted by Gasteiger charge is 2.29. The van der Waals surface area contributed by atoms with Crippen LogP contribution in [0.25, 0.3) is 10.9 Å². The van der Waals surface area contributed by atoms with Crippen LogP contribution in [0.1, 0.15) is 71.8 Å². The summed E-state index contributed by atoms with van der Waals surface area (Å²) >= 11 is 1.56. The zero-order valence-corrected chi connectivity index (χ0v) is 27.3. The number of carbonyl (C=O) groups excluding carboxylic acids is 1. The van der Waals surface area contributed by atoms with E-state index in [1.54, 1.807) is 30.9 Å². The van der Waals surface area contributed by atoms with Gasteiger partial charge in [-0.25, -0.2) is 4.39 Å². The molecule has 8 heteroatoms. The molecule has 3 aromatic rings. The maximum Gasteiger partial charge on any atom is 0.165 e. The van der Waals surface area contributed by atoms with Gasteiger partial charge in [0.25, 0.3) is 0 Å². The predicted octanol–water partition coefficient (Wildman–Crippen LogP) is 7.31. The molecule has 0 radical (unpaired) electrons. The largest absolute Gasteiger partial charge is 0.493 e. The molecule has 0 bridgehead atoms. The first-order chi connectivity index (χ1) is 19.8. The van der Waals surface area contributed by atoms with Crippen LogP contribution in [0.15, 0.2) is 41.4 Å². The number of carbonyl (C=O) groups is 1. The number of ether oxygens (including phenoxy) is 1. The number of rotatable bonds is 9. The summed E-state index contributed by atoms with van der Waals surface area (Å²) in [5.74, 6) is 0.995. The molecule has 0 saturated carbocycles. The molecule has 1 aromatic carbocycles. The number of pyridine rings is 2. The van der Waals surface area contributed by atoms with Gasteiger partial charge in [0.2, 0.25) is 0 Å². The summed E-state index contributed by atoms with van der Waals surface area (Å²) in [4.78, 5) is 22.9. The maximum atomic E-state index is 14.0. The van der Waals surface area contributed by atoms with E-state index >= 15 is 0 Å². The first-order valence-corrected chi connectivity index (χ1v) is 15.8. The van der Waals surface area contributed by atoms with E-state index in [0.717, 1.165) is 65.1 Å². The summed E-state index contributed by atoms with van der Waals surface area (Å²) in [6, 6.07) is 9.07. The Morgan fingerprint density at radius 1 is 1.12 bits per heavy atom. The van der Waals surface area contributed by atoms with Crippen LogP contribution >= 0.6 is 11.8 Å². The Hall–Kier alpha value is -2.55. The SMILES string of the molecule is CC.CC.CCC1CN(CCc2ccnc3ccc(F)c(OC)c23)CC1O.CCc1ccc(SCC(C)=O)c(C)n1. The van der Waals surface area contributed by atoms with Gasteiger partial charge in [-0.1, -0.05) is 41.5 Å². The van der Waals surface area contributed by atoms with E-state index in [-0.39, 0.29) is 23.5 Å². The number of hydrogen-bond acceptors (Lipinski definition) is 7. The zero-order valence-electron chi connectivity index (χ0n) is 26.5. The lowest BCUT2D eigenvalue weighted by atomic mass is 10.0. The molecule has 1 fully saturated rings. The average molecular weight is 588 g/mol. The van der Waals surface area contributed by atoms with Gasteiger partial charge in [-0.3, -0.25) is 14.8 Å². The van der Waals surface area contributed by atoms with Gasteiger partial charge < -0.3 is 14.7 Å². The molecule has 1 N–H and O–H groups in total. The van der Waals surface area contributed by atoms with Crippen molar-refractivity contribution in [3.05, 3.63) is 59.3 Å². The summed E-state index contributed by atoms with van der Waals surface area (Å²) < 4.78 is 19.2. The van der Waals surface area contributed by atoms with E-state index in [4.69, 9.17) is 4.74 Å². The highest BCUT2D eigenvalue weighted by atomic mass is 32.2. The lowest BCUT2D eigenvalue weighted by Crippen LogP contribution is -2.24. The molecule has 1 aliphatic heterocycles. The quantitative estimate of drug-likeness (QED) is 0.263. The minimum atomic E-state index is -0.364. The lowest BCUT2D eigenvalue weighted by molar-refractivity contribution is -0.114. The van der Waals surface area contributed by atoms with Crippen LogP contribution in [0.2, 0.25) is 0 Å². The van der Waals surface area contributed by atoms with Gasteiger partial charge in [0, 0.05) is 41.8 Å². The summed E-state index contributed by atoms with van der Waals surface area (Å²) in [5, 5.41) is 10.8. The summed E-state index contributed by atoms with van der Waals surface area (Å²) in [5.41, 5.74) is 3.90. The molecule has 0 aliphatic carbocycles. The Kier molecular flexibility index (Phi) is 17.4. The maximum absolute atomic E-state index is 14.0. The fraction of sp³-hybridized carbons (Fsp3) is 0.545. The normalized spacial score (nSPS) is 16.1. The number of likely N-dealkylation sites (tertiary alicyclic amines) is 1. The van der Waals surface area contributed by atoms with E-state index < -0.39 is 0 Å². The van der Waals surface area contributed by atoms with Crippen molar-refractivity contribution in [3.63, 3.8) is 0 Å². The van der Waals surface area contributed by atoms with Crippen molar-refractivity contribution in [2.75, 3.05) is 32.5 Å². The number of β-amino-alcohol motifs (C(OH)–C–C–N with tert-alkyl or cyclic N) is 1. The number of fused-ring (bicyclic) bond motifs is 1. The molecule has 6 nitrogen and oxygen atoms in total. The van der Waals surface area contributed by atoms with Gasteiger partial charge in [-0.2, -0.15) is 0 Å². The van der Waals surface area contributed by atoms with Crippen molar-refractivity contribution >= 4 is 28.4 Å². The number of aryl methyl sites for hydroxylation is 2. The third kappa shape index (κ3) is 11.0. The lowest BCUT2D eigenvalue weighted by Gasteiger charge is -2.17. The Morgan fingerprint density at radius 3 is 2.39 bits per heavy atom. The van der Waals surface area contributed by atoms with E-state index in [2.05, 4.69) is 34.8 Å². The summed E-state index contributed by atoms with van der Waals surface area (Å²) in [6.07, 6.45) is 4.25. The number of Topliss-reactive ketones (excluding diaryl/α,β-unsaturated/α-hetero) is 1. The van der Waals surface area contributed by atoms with Crippen molar-refractivity contribution in [1.82, 2.24) is 14.9 Å². The molecule has 0 amide bonds. The topological polar surface area (TPSA) is 75.6 Å². The van der Waals surface area contributed by atoms with Gasteiger partial charge in [0.15, 0.2) is 11.6 Å². The molecule has 228 valence electrons. The number of methoxy groups -OCH3 is 1. The molecule has 4 rings (SSSR count). The monoisotopic (exact) mass is 587 g/mol. The second-order valence-electron chi connectivity index (χ2n) is 9.42. The average Bonchev–Trinajstić information content (AvgIpc) is 3.36. The third-order valence-electron chi connectivity index (χ3n) is 6.69. The molecule has 0 spiro atoms. The summed E-state index contributed by atoms with van der Waals surface area (Å²) in [7, 11) is 1.48. The number of hydrogen-bond donors (Lipinski definition) is 1. The molecule has 41 heavy (non-hydrogen) atoms. The third-order valence-corrected chi connectivity index (χ3v) is 7.99. The van der Waals surface area contributed by atoms with Crippen LogP contribution in [-0.4, -0.2) is 64.4 Å². The number of aromatic nitrogens is 2. The van der Waals surface area contributed by atoms with E-state index in [1.165, 1.54) is 13.2 Å². The van der Waals surface area contributed by atoms with Crippen LogP contribution in [0.3, 0.4) is 0 Å². The van der Waals surface area contributed by atoms with Crippen LogP contribution in [0, 0.1) is 18.7 Å². The van der Waals surface area contributed by atoms with Gasteiger partial charge in [0.05, 0.1) is 30.2 Å². The van der Waals surface area contributed by atoms with Crippen molar-refractivity contribution in [2.24, 2.45) is 5.92 Å². The van der Waals surface area contributed by atoms with Crippen molar-refractivity contribution in [3.8, 4) is 5.75 Å². The molecular weight excluding hydrogens is 537 g/mol. The molecule has 3 heterocycles. The number of benzene rings is 1. The molecule has 2 atom stereocenters. The Morgan fingerprint density at radius 2 is 1.83 bits per heavy atom. The van der Waals surface area contributed by atoms with Gasteiger partial charge in [0.1, 0.15) is 5.78 Å². The predicted molar refractivity (Wildman–Crippen MR) is 171 cm³/mol. The van der Waals surface area contributed by atoms with Crippen LogP contribution < -0.4 is 4.74 Å². The van der Waals surface area contributed by atoms with E-state index in [9.17, 15) is 14.3 Å². The molecule has 2 aromatic heterocycles. The fourth-order valence-electron chi connectivity index (χ4n) is 4.60. The number of aliphatic hydroxyl groups is 1. The van der Waals surface area contributed by atoms with E-state index in [1.807, 2.05) is 46.8 Å². The Bertz CT molecular complexity index is 1210. The second kappa shape index (κ2) is 19.5. The molecular formula is C33H50FN3O3S. The minimum Gasteiger partial charge on any atom is -0.493 e. The zero-order chi connectivity index (χ0) is 30.9. The number of aliphatic hydroxyl groups excluding tert-OH is 1. The van der Waals surface area contributed by atoms with Crippen molar-refractivity contribution in [1.29, 1.82) is 0 Å². The van der Waals surface area contributed by atoms with Crippen molar-refractivity contribution < 1.29 is 19.0 Å². The van der Waals surface area contributed by atoms with Crippen molar-refractivity contribution in [2.45, 2.75) is 85.7 Å².